The van der Waals surface area contributed by atoms with E-state index in [1.54, 1.807) is 55.4 Å². The molecule has 4 bridgehead atoms. The molecule has 1 aliphatic heterocycles. The monoisotopic (exact) mass is 722 g/mol. The number of ether oxygens (including phenoxy) is 1. The van der Waals surface area contributed by atoms with Crippen molar-refractivity contribution >= 4 is 49.7 Å². The van der Waals surface area contributed by atoms with E-state index in [4.69, 9.17) is 10.5 Å². The lowest BCUT2D eigenvalue weighted by Gasteiger charge is -2.27. The topological polar surface area (TPSA) is 147 Å². The van der Waals surface area contributed by atoms with Crippen LogP contribution in [0, 0.1) is 5.82 Å². The van der Waals surface area contributed by atoms with E-state index in [-0.39, 0.29) is 34.6 Å². The smallest absolute Gasteiger partial charge is 0.321 e. The summed E-state index contributed by atoms with van der Waals surface area (Å²) in [5.41, 5.74) is 9.62. The third-order valence-electron chi connectivity index (χ3n) is 9.51. The molecule has 1 atom stereocenters. The molecular formula is C39H39FN6O5S. The number of nitrogens with one attached hydrogen (secondary N) is 2. The minimum Gasteiger partial charge on any atom is -0.489 e. The zero-order valence-corrected chi connectivity index (χ0v) is 29.6. The van der Waals surface area contributed by atoms with E-state index in [0.29, 0.717) is 66.1 Å². The van der Waals surface area contributed by atoms with Crippen molar-refractivity contribution in [2.75, 3.05) is 37.0 Å². The Morgan fingerprint density at radius 2 is 1.73 bits per heavy atom. The lowest BCUT2D eigenvalue weighted by molar-refractivity contribution is -0.131. The number of aromatic nitrogens is 1. The third-order valence-corrected chi connectivity index (χ3v) is 11.9. The second-order valence-electron chi connectivity index (χ2n) is 13.3. The van der Waals surface area contributed by atoms with Gasteiger partial charge in [0.1, 0.15) is 30.0 Å². The summed E-state index contributed by atoms with van der Waals surface area (Å²) in [7, 11) is -0.365. The predicted octanol–water partition coefficient (Wildman–Crippen LogP) is 6.30. The summed E-state index contributed by atoms with van der Waals surface area (Å²) in [6, 6.07) is 23.5. The van der Waals surface area contributed by atoms with Gasteiger partial charge < -0.3 is 30.9 Å². The Balaban J connectivity index is 1.31. The van der Waals surface area contributed by atoms with E-state index >= 15 is 0 Å². The van der Waals surface area contributed by atoms with E-state index in [0.717, 1.165) is 17.3 Å². The van der Waals surface area contributed by atoms with Crippen LogP contribution in [0.15, 0.2) is 96.0 Å². The van der Waals surface area contributed by atoms with Crippen molar-refractivity contribution in [3.05, 3.63) is 119 Å². The van der Waals surface area contributed by atoms with Gasteiger partial charge in [-0.05, 0) is 90.0 Å². The van der Waals surface area contributed by atoms with Gasteiger partial charge in [-0.25, -0.2) is 22.6 Å². The number of carbonyl (C=O) groups is 2. The summed E-state index contributed by atoms with van der Waals surface area (Å²) in [6.45, 7) is 0.566. The number of nitrogen functional groups attached to an aromatic ring is 1. The first-order valence-corrected chi connectivity index (χ1v) is 18.6. The van der Waals surface area contributed by atoms with Crippen molar-refractivity contribution in [2.24, 2.45) is 0 Å². The Labute approximate surface area is 301 Å². The van der Waals surface area contributed by atoms with Crippen LogP contribution in [0.1, 0.15) is 41.1 Å². The molecule has 1 fully saturated rings. The number of nitrogens with two attached hydrogens (primary N) is 1. The second-order valence-corrected chi connectivity index (χ2v) is 15.5. The zero-order chi connectivity index (χ0) is 36.6. The third kappa shape index (κ3) is 7.22. The Hall–Kier alpha value is -5.69. The van der Waals surface area contributed by atoms with Crippen LogP contribution in [0.2, 0.25) is 0 Å². The summed E-state index contributed by atoms with van der Waals surface area (Å²) in [4.78, 5) is 35.0. The number of carbonyl (C=O) groups excluding carboxylic acids is 2. The Bertz CT molecular complexity index is 2280. The predicted molar refractivity (Wildman–Crippen MR) is 198 cm³/mol. The molecule has 1 saturated carbocycles. The second kappa shape index (κ2) is 14.1. The lowest BCUT2D eigenvalue weighted by Crippen LogP contribution is -2.35. The quantitative estimate of drug-likeness (QED) is 0.177. The molecule has 7 rings (SSSR count). The molecular weight excluding hydrogens is 684 g/mol. The van der Waals surface area contributed by atoms with Crippen molar-refractivity contribution in [1.29, 1.82) is 0 Å². The number of likely N-dealkylation sites (N-methyl/N-ethyl adjacent to an activating group) is 2. The van der Waals surface area contributed by atoms with Crippen molar-refractivity contribution in [3.63, 3.8) is 0 Å². The number of amides is 3. The van der Waals surface area contributed by atoms with Crippen LogP contribution in [0.4, 0.5) is 26.4 Å². The van der Waals surface area contributed by atoms with Crippen LogP contribution in [0.5, 0.6) is 5.75 Å². The molecule has 2 aliphatic rings. The van der Waals surface area contributed by atoms with Crippen LogP contribution in [0.3, 0.4) is 0 Å². The van der Waals surface area contributed by atoms with Crippen molar-refractivity contribution in [3.8, 4) is 5.75 Å². The number of hydrogen-bond acceptors (Lipinski definition) is 8. The number of anilines is 3. The molecule has 4 N–H and O–H groups in total. The highest BCUT2D eigenvalue weighted by atomic mass is 32.2. The molecule has 2 heterocycles. The normalized spacial score (nSPS) is 16.9. The molecule has 5 aromatic rings. The molecule has 0 saturated heterocycles. The summed E-state index contributed by atoms with van der Waals surface area (Å²) in [5.74, 6) is -0.143. The van der Waals surface area contributed by atoms with Gasteiger partial charge in [0.25, 0.3) is 0 Å². The Morgan fingerprint density at radius 1 is 0.942 bits per heavy atom. The number of rotatable bonds is 7. The van der Waals surface area contributed by atoms with Crippen LogP contribution in [-0.4, -0.2) is 61.0 Å². The number of urea groups is 1. The number of pyridine rings is 1. The average Bonchev–Trinajstić information content (AvgIpc) is 4.00. The molecule has 0 radical (unpaired) electrons. The van der Waals surface area contributed by atoms with Gasteiger partial charge in [0, 0.05) is 49.3 Å². The fourth-order valence-electron chi connectivity index (χ4n) is 6.40. The Kier molecular flexibility index (Phi) is 9.45. The van der Waals surface area contributed by atoms with Gasteiger partial charge >= 0.3 is 6.03 Å². The van der Waals surface area contributed by atoms with Gasteiger partial charge in [0.15, 0.2) is 9.84 Å². The fourth-order valence-corrected chi connectivity index (χ4v) is 8.27. The van der Waals surface area contributed by atoms with Crippen molar-refractivity contribution < 1.29 is 27.1 Å². The standard InChI is InChI=1S/C39H39FN6O5S/c1-45-17-16-25-18-26(8-14-34(25)51-23-24-6-4-3-5-7-24)36(43-29-9-13-31-32(20-29)33(40)21-42-37(31)41)38(47)46(2)22-27-19-28(44-39(45)48)10-15-35(27)52(49,50)30-11-12-30/h3-10,13-15,18-21,30,36,43H,11-12,16-17,22-23H2,1-2H3,(H2,41,42)(H,44,48). The zero-order valence-electron chi connectivity index (χ0n) is 28.8. The van der Waals surface area contributed by atoms with Crippen molar-refractivity contribution in [1.82, 2.24) is 14.8 Å². The molecule has 1 aliphatic carbocycles. The van der Waals surface area contributed by atoms with Gasteiger partial charge in [-0.3, -0.25) is 4.79 Å². The first-order chi connectivity index (χ1) is 25.0. The maximum Gasteiger partial charge on any atom is 0.321 e. The SMILES string of the molecule is CN1CCc2cc(ccc2OCc2ccccc2)C(Nc2ccc3c(N)ncc(F)c3c2)C(=O)N(C)Cc2cc(ccc2S(=O)(=O)C2CC2)NC1=O. The highest BCUT2D eigenvalue weighted by Crippen LogP contribution is 2.37. The van der Waals surface area contributed by atoms with E-state index in [1.807, 2.05) is 42.5 Å². The van der Waals surface area contributed by atoms with Gasteiger partial charge in [0.2, 0.25) is 5.91 Å². The van der Waals surface area contributed by atoms with E-state index in [1.165, 1.54) is 11.0 Å². The summed E-state index contributed by atoms with van der Waals surface area (Å²) in [5, 5.41) is 6.41. The van der Waals surface area contributed by atoms with Gasteiger partial charge in [0.05, 0.1) is 16.3 Å². The molecule has 13 heteroatoms. The molecule has 1 unspecified atom stereocenters. The highest BCUT2D eigenvalue weighted by Gasteiger charge is 2.38. The minimum atomic E-state index is -3.65. The van der Waals surface area contributed by atoms with Crippen LogP contribution < -0.4 is 21.1 Å². The van der Waals surface area contributed by atoms with Crippen LogP contribution in [0.25, 0.3) is 10.8 Å². The van der Waals surface area contributed by atoms with Gasteiger partial charge in [-0.15, -0.1) is 0 Å². The summed E-state index contributed by atoms with van der Waals surface area (Å²) in [6.07, 6.45) is 2.61. The molecule has 3 amide bonds. The molecule has 1 aromatic heterocycles. The van der Waals surface area contributed by atoms with E-state index in [9.17, 15) is 22.4 Å². The highest BCUT2D eigenvalue weighted by molar-refractivity contribution is 7.92. The maximum atomic E-state index is 14.9. The lowest BCUT2D eigenvalue weighted by atomic mass is 9.99. The van der Waals surface area contributed by atoms with Gasteiger partial charge in [-0.2, -0.15) is 0 Å². The summed E-state index contributed by atoms with van der Waals surface area (Å²) >= 11 is 0. The number of benzene rings is 4. The van der Waals surface area contributed by atoms with Crippen LogP contribution >= 0.6 is 0 Å². The van der Waals surface area contributed by atoms with E-state index < -0.39 is 26.9 Å². The minimum absolute atomic E-state index is 0.0580. The van der Waals surface area contributed by atoms with Gasteiger partial charge in [-0.1, -0.05) is 36.4 Å². The largest absolute Gasteiger partial charge is 0.489 e. The summed E-state index contributed by atoms with van der Waals surface area (Å²) < 4.78 is 48.2. The molecule has 268 valence electrons. The Morgan fingerprint density at radius 3 is 2.50 bits per heavy atom. The maximum absolute atomic E-state index is 14.9. The first kappa shape index (κ1) is 34.7. The van der Waals surface area contributed by atoms with E-state index in [2.05, 4.69) is 15.6 Å². The average molecular weight is 723 g/mol. The number of sulfone groups is 1. The fraction of sp³-hybridized carbons (Fsp3) is 0.256. The number of fused-ring (bicyclic) bond motifs is 5. The number of hydrogen-bond donors (Lipinski definition) is 3. The van der Waals surface area contributed by atoms with Crippen molar-refractivity contribution in [2.45, 2.75) is 48.6 Å². The molecule has 0 spiro atoms. The molecule has 52 heavy (non-hydrogen) atoms. The van der Waals surface area contributed by atoms with Crippen LogP contribution in [-0.2, 0) is 34.2 Å². The number of nitrogens with zero attached hydrogens (tertiary/aromatic N) is 3. The first-order valence-electron chi connectivity index (χ1n) is 17.0. The number of halogens is 1. The molecule has 11 nitrogen and oxygen atoms in total. The molecule has 4 aromatic carbocycles.